The number of rotatable bonds is 12. The van der Waals surface area contributed by atoms with Crippen LogP contribution >= 0.6 is 0 Å². The Bertz CT molecular complexity index is 915. The fourth-order valence-electron chi connectivity index (χ4n) is 2.75. The van der Waals surface area contributed by atoms with E-state index in [0.29, 0.717) is 37.9 Å². The molecule has 0 heterocycles. The summed E-state index contributed by atoms with van der Waals surface area (Å²) in [6, 6.07) is 5.84. The third kappa shape index (κ3) is 22.3. The second kappa shape index (κ2) is 21.2. The lowest BCUT2D eigenvalue weighted by molar-refractivity contribution is -0.154. The Balaban J connectivity index is 0. The van der Waals surface area contributed by atoms with Crippen LogP contribution in [0.1, 0.15) is 72.8 Å². The monoisotopic (exact) mass is 568 g/mol. The van der Waals surface area contributed by atoms with Crippen molar-refractivity contribution >= 4 is 35.4 Å². The molecular formula is C27H48N6O7. The van der Waals surface area contributed by atoms with Crippen molar-refractivity contribution in [3.8, 4) is 0 Å². The number of hydrogen-bond donors (Lipinski definition) is 7. The third-order valence-electron chi connectivity index (χ3n) is 4.73. The maximum atomic E-state index is 11.6. The molecule has 0 aliphatic rings. The SMILES string of the molecule is CC(C)C(NC(=O)CN)C(N)=O.CCC(=O)OC(C)(C)C.NC(=O)NCCCCC(=O)Nc1ccc(CO)cc1. The highest BCUT2D eigenvalue weighted by Gasteiger charge is 2.20. The highest BCUT2D eigenvalue weighted by atomic mass is 16.6. The average molecular weight is 569 g/mol. The lowest BCUT2D eigenvalue weighted by Crippen LogP contribution is -2.49. The van der Waals surface area contributed by atoms with E-state index in [9.17, 15) is 24.0 Å². The molecule has 0 aromatic heterocycles. The van der Waals surface area contributed by atoms with Crippen molar-refractivity contribution in [1.82, 2.24) is 10.6 Å². The molecule has 40 heavy (non-hydrogen) atoms. The number of nitrogens with two attached hydrogens (primary N) is 3. The zero-order chi connectivity index (χ0) is 31.3. The number of aliphatic hydroxyl groups is 1. The highest BCUT2D eigenvalue weighted by molar-refractivity contribution is 5.90. The minimum absolute atomic E-state index is 0.0128. The topological polar surface area (TPSA) is 229 Å². The van der Waals surface area contributed by atoms with E-state index < -0.39 is 18.0 Å². The number of nitrogens with one attached hydrogen (secondary N) is 3. The maximum Gasteiger partial charge on any atom is 0.312 e. The van der Waals surface area contributed by atoms with E-state index in [1.54, 1.807) is 45.0 Å². The average Bonchev–Trinajstić information content (AvgIpc) is 2.86. The second-order valence-electron chi connectivity index (χ2n) is 9.99. The number of primary amides is 2. The zero-order valence-corrected chi connectivity index (χ0v) is 24.5. The fraction of sp³-hybridized carbons (Fsp3) is 0.593. The van der Waals surface area contributed by atoms with Crippen LogP contribution < -0.4 is 33.2 Å². The Hall–Kier alpha value is -3.71. The number of esters is 1. The molecule has 1 aromatic carbocycles. The van der Waals surface area contributed by atoms with Gasteiger partial charge in [-0.25, -0.2) is 4.79 Å². The second-order valence-corrected chi connectivity index (χ2v) is 9.99. The lowest BCUT2D eigenvalue weighted by atomic mass is 10.0. The van der Waals surface area contributed by atoms with Crippen molar-refractivity contribution in [3.05, 3.63) is 29.8 Å². The van der Waals surface area contributed by atoms with Crippen LogP contribution in [0.2, 0.25) is 0 Å². The zero-order valence-electron chi connectivity index (χ0n) is 24.5. The Kier molecular flexibility index (Phi) is 20.3. The van der Waals surface area contributed by atoms with Crippen molar-refractivity contribution in [3.63, 3.8) is 0 Å². The van der Waals surface area contributed by atoms with Gasteiger partial charge < -0.3 is 43.0 Å². The summed E-state index contributed by atoms with van der Waals surface area (Å²) in [7, 11) is 0. The molecule has 5 amide bonds. The molecule has 1 unspecified atom stereocenters. The van der Waals surface area contributed by atoms with Gasteiger partial charge in [-0.15, -0.1) is 0 Å². The molecule has 13 heteroatoms. The first kappa shape index (κ1) is 38.4. The summed E-state index contributed by atoms with van der Waals surface area (Å²) < 4.78 is 4.95. The summed E-state index contributed by atoms with van der Waals surface area (Å²) >= 11 is 0. The van der Waals surface area contributed by atoms with Crippen LogP contribution in [0.15, 0.2) is 24.3 Å². The van der Waals surface area contributed by atoms with E-state index >= 15 is 0 Å². The molecule has 13 nitrogen and oxygen atoms in total. The molecule has 1 rings (SSSR count). The molecule has 0 saturated carbocycles. The number of unbranched alkanes of at least 4 members (excludes halogenated alkanes) is 1. The number of carbonyl (C=O) groups excluding carboxylic acids is 5. The standard InChI is InChI=1S/C13H19N3O3.C7H15N3O2.C7H14O2/c14-13(19)15-8-2-1-3-12(18)16-11-6-4-10(9-17)5-7-11;1-4(2)6(7(9)12)10-5(11)3-8;1-5-6(8)9-7(2,3)4/h4-7,17H,1-3,8-9H2,(H,16,18)(H3,14,15,19);4,6H,3,8H2,1-2H3,(H2,9,12)(H,10,11);5H2,1-4H3. The van der Waals surface area contributed by atoms with Gasteiger partial charge in [-0.2, -0.15) is 0 Å². The van der Waals surface area contributed by atoms with Crippen LogP contribution in [0.25, 0.3) is 0 Å². The van der Waals surface area contributed by atoms with Crippen LogP contribution in [0.5, 0.6) is 0 Å². The number of amides is 5. The van der Waals surface area contributed by atoms with E-state index in [4.69, 9.17) is 27.0 Å². The van der Waals surface area contributed by atoms with E-state index in [0.717, 1.165) is 5.56 Å². The van der Waals surface area contributed by atoms with E-state index in [-0.39, 0.29) is 42.5 Å². The lowest BCUT2D eigenvalue weighted by Gasteiger charge is -2.18. The van der Waals surface area contributed by atoms with Gasteiger partial charge in [-0.05, 0) is 57.2 Å². The fourth-order valence-corrected chi connectivity index (χ4v) is 2.75. The smallest absolute Gasteiger partial charge is 0.312 e. The van der Waals surface area contributed by atoms with Crippen molar-refractivity contribution in [2.24, 2.45) is 23.1 Å². The summed E-state index contributed by atoms with van der Waals surface area (Å²) in [6.45, 7) is 11.3. The van der Waals surface area contributed by atoms with Crippen LogP contribution in [-0.4, -0.2) is 59.6 Å². The van der Waals surface area contributed by atoms with Crippen LogP contribution in [0.3, 0.4) is 0 Å². The molecule has 0 bridgehead atoms. The number of ether oxygens (including phenoxy) is 1. The minimum Gasteiger partial charge on any atom is -0.460 e. The van der Waals surface area contributed by atoms with Gasteiger partial charge >= 0.3 is 12.0 Å². The Labute approximate surface area is 236 Å². The van der Waals surface area contributed by atoms with Crippen LogP contribution in [-0.2, 0) is 30.5 Å². The quantitative estimate of drug-likeness (QED) is 0.143. The normalized spacial score (nSPS) is 11.0. The predicted molar refractivity (Wildman–Crippen MR) is 154 cm³/mol. The van der Waals surface area contributed by atoms with Gasteiger partial charge in [0.25, 0.3) is 0 Å². The maximum absolute atomic E-state index is 11.6. The predicted octanol–water partition coefficient (Wildman–Crippen LogP) is 1.27. The number of anilines is 1. The summed E-state index contributed by atoms with van der Waals surface area (Å²) in [6.07, 6.45) is 2.24. The molecule has 0 aliphatic carbocycles. The molecule has 0 fully saturated rings. The molecule has 1 atom stereocenters. The first-order valence-corrected chi connectivity index (χ1v) is 13.1. The number of carbonyl (C=O) groups is 5. The van der Waals surface area contributed by atoms with Crippen molar-refractivity contribution in [2.75, 3.05) is 18.4 Å². The molecule has 0 radical (unpaired) electrons. The first-order valence-electron chi connectivity index (χ1n) is 13.1. The van der Waals surface area contributed by atoms with Gasteiger partial charge in [-0.3, -0.25) is 19.2 Å². The summed E-state index contributed by atoms with van der Waals surface area (Å²) in [5.74, 6) is -1.13. The highest BCUT2D eigenvalue weighted by Crippen LogP contribution is 2.10. The van der Waals surface area contributed by atoms with Gasteiger partial charge in [0.15, 0.2) is 0 Å². The van der Waals surface area contributed by atoms with Gasteiger partial charge in [-0.1, -0.05) is 32.9 Å². The molecule has 228 valence electrons. The van der Waals surface area contributed by atoms with Crippen LogP contribution in [0.4, 0.5) is 10.5 Å². The molecule has 10 N–H and O–H groups in total. The summed E-state index contributed by atoms with van der Waals surface area (Å²) in [4.78, 5) is 54.1. The van der Waals surface area contributed by atoms with Gasteiger partial charge in [0.05, 0.1) is 13.2 Å². The van der Waals surface area contributed by atoms with Crippen LogP contribution in [0, 0.1) is 5.92 Å². The first-order chi connectivity index (χ1) is 18.6. The van der Waals surface area contributed by atoms with E-state index in [1.165, 1.54) is 0 Å². The summed E-state index contributed by atoms with van der Waals surface area (Å²) in [5, 5.41) is 16.5. The number of urea groups is 1. The van der Waals surface area contributed by atoms with Gasteiger partial charge in [0.2, 0.25) is 17.7 Å². The number of aliphatic hydroxyl groups excluding tert-OH is 1. The van der Waals surface area contributed by atoms with E-state index in [2.05, 4.69) is 16.0 Å². The van der Waals surface area contributed by atoms with Gasteiger partial charge in [0.1, 0.15) is 11.6 Å². The summed E-state index contributed by atoms with van der Waals surface area (Å²) in [5.41, 5.74) is 16.2. The Morgan fingerprint density at radius 3 is 1.93 bits per heavy atom. The number of benzene rings is 1. The molecular weight excluding hydrogens is 520 g/mol. The molecule has 0 spiro atoms. The molecule has 1 aromatic rings. The Morgan fingerprint density at radius 1 is 0.975 bits per heavy atom. The van der Waals surface area contributed by atoms with Gasteiger partial charge in [0, 0.05) is 25.1 Å². The molecule has 0 aliphatic heterocycles. The van der Waals surface area contributed by atoms with Crippen molar-refractivity contribution in [2.45, 2.75) is 85.5 Å². The van der Waals surface area contributed by atoms with Crippen molar-refractivity contribution < 1.29 is 33.8 Å². The third-order valence-corrected chi connectivity index (χ3v) is 4.73. The largest absolute Gasteiger partial charge is 0.460 e. The molecule has 0 saturated heterocycles. The Morgan fingerprint density at radius 2 is 1.55 bits per heavy atom. The van der Waals surface area contributed by atoms with E-state index in [1.807, 2.05) is 20.8 Å². The number of hydrogen-bond acceptors (Lipinski definition) is 8. The van der Waals surface area contributed by atoms with Crippen molar-refractivity contribution in [1.29, 1.82) is 0 Å². The minimum atomic E-state index is -0.624.